The zero-order valence-corrected chi connectivity index (χ0v) is 17.3. The predicted octanol–water partition coefficient (Wildman–Crippen LogP) is 4.04. The van der Waals surface area contributed by atoms with Crippen LogP contribution >= 0.6 is 0 Å². The average Bonchev–Trinajstić information content (AvgIpc) is 2.68. The Morgan fingerprint density at radius 1 is 0.931 bits per heavy atom. The van der Waals surface area contributed by atoms with Crippen LogP contribution in [-0.2, 0) is 14.3 Å². The van der Waals surface area contributed by atoms with Crippen molar-refractivity contribution >= 4 is 17.6 Å². The lowest BCUT2D eigenvalue weighted by Crippen LogP contribution is -2.48. The predicted molar refractivity (Wildman–Crippen MR) is 109 cm³/mol. The van der Waals surface area contributed by atoms with Gasteiger partial charge in [0.2, 0.25) is 0 Å². The fourth-order valence-corrected chi connectivity index (χ4v) is 5.87. The summed E-state index contributed by atoms with van der Waals surface area (Å²) >= 11 is 0. The summed E-state index contributed by atoms with van der Waals surface area (Å²) < 4.78 is 16.6. The van der Waals surface area contributed by atoms with Crippen LogP contribution in [0, 0.1) is 29.6 Å². The van der Waals surface area contributed by atoms with Gasteiger partial charge in [-0.1, -0.05) is 0 Å². The Labute approximate surface area is 172 Å². The third-order valence-corrected chi connectivity index (χ3v) is 6.67. The first-order chi connectivity index (χ1) is 14.1. The van der Waals surface area contributed by atoms with Crippen LogP contribution in [0.15, 0.2) is 18.2 Å². The number of amides is 1. The molecule has 0 radical (unpaired) electrons. The zero-order chi connectivity index (χ0) is 20.4. The van der Waals surface area contributed by atoms with Crippen LogP contribution in [0.5, 0.6) is 11.5 Å². The van der Waals surface area contributed by atoms with Crippen LogP contribution in [0.2, 0.25) is 0 Å². The highest BCUT2D eigenvalue weighted by atomic mass is 16.5. The average molecular weight is 402 g/mol. The molecule has 1 aromatic carbocycles. The van der Waals surface area contributed by atoms with Crippen molar-refractivity contribution in [2.45, 2.75) is 46.0 Å². The molecule has 0 aromatic heterocycles. The van der Waals surface area contributed by atoms with E-state index in [4.69, 9.17) is 14.2 Å². The van der Waals surface area contributed by atoms with Crippen molar-refractivity contribution in [3.63, 3.8) is 0 Å². The summed E-state index contributed by atoms with van der Waals surface area (Å²) in [7, 11) is 0. The first kappa shape index (κ1) is 20.0. The minimum atomic E-state index is -0.339. The van der Waals surface area contributed by atoms with Gasteiger partial charge >= 0.3 is 5.97 Å². The van der Waals surface area contributed by atoms with Gasteiger partial charge in [0.15, 0.2) is 18.1 Å². The summed E-state index contributed by atoms with van der Waals surface area (Å²) in [5.74, 6) is 3.23. The molecule has 4 aliphatic carbocycles. The van der Waals surface area contributed by atoms with E-state index in [0.717, 1.165) is 37.5 Å². The molecule has 4 aliphatic rings. The Morgan fingerprint density at radius 2 is 1.55 bits per heavy atom. The molecule has 0 aliphatic heterocycles. The molecule has 4 saturated carbocycles. The van der Waals surface area contributed by atoms with Gasteiger partial charge in [0, 0.05) is 11.8 Å². The number of hydrogen-bond donors (Lipinski definition) is 1. The van der Waals surface area contributed by atoms with Crippen molar-refractivity contribution in [2.24, 2.45) is 29.6 Å². The van der Waals surface area contributed by atoms with E-state index in [1.807, 2.05) is 13.8 Å². The van der Waals surface area contributed by atoms with Crippen molar-refractivity contribution in [1.82, 2.24) is 0 Å². The monoisotopic (exact) mass is 401 g/mol. The topological polar surface area (TPSA) is 73.9 Å². The smallest absolute Gasteiger partial charge is 0.310 e. The quantitative estimate of drug-likeness (QED) is 0.666. The van der Waals surface area contributed by atoms with Crippen LogP contribution < -0.4 is 14.8 Å². The molecule has 1 aromatic rings. The lowest BCUT2D eigenvalue weighted by Gasteiger charge is -2.53. The lowest BCUT2D eigenvalue weighted by molar-refractivity contribution is -0.164. The summed E-state index contributed by atoms with van der Waals surface area (Å²) in [6.45, 7) is 4.58. The highest BCUT2D eigenvalue weighted by molar-refractivity contribution is 5.93. The highest BCUT2D eigenvalue weighted by Gasteiger charge is 2.51. The maximum absolute atomic E-state index is 12.7. The molecule has 0 unspecified atom stereocenters. The molecule has 4 bridgehead atoms. The molecular weight excluding hydrogens is 370 g/mol. The number of nitrogens with one attached hydrogen (secondary N) is 1. The van der Waals surface area contributed by atoms with Gasteiger partial charge in [0.25, 0.3) is 5.91 Å². The fourth-order valence-electron chi connectivity index (χ4n) is 5.87. The Bertz CT molecular complexity index is 734. The van der Waals surface area contributed by atoms with Crippen molar-refractivity contribution in [2.75, 3.05) is 25.1 Å². The molecule has 6 nitrogen and oxygen atoms in total. The van der Waals surface area contributed by atoms with E-state index in [1.165, 1.54) is 6.42 Å². The number of ether oxygens (including phenoxy) is 3. The Kier molecular flexibility index (Phi) is 5.97. The molecular formula is C23H31NO5. The molecule has 1 N–H and O–H groups in total. The second-order valence-electron chi connectivity index (χ2n) is 8.64. The van der Waals surface area contributed by atoms with E-state index < -0.39 is 0 Å². The van der Waals surface area contributed by atoms with Gasteiger partial charge in [0.05, 0.1) is 19.1 Å². The van der Waals surface area contributed by atoms with E-state index in [-0.39, 0.29) is 24.4 Å². The molecule has 0 saturated heterocycles. The maximum Gasteiger partial charge on any atom is 0.310 e. The Balaban J connectivity index is 1.31. The first-order valence-corrected chi connectivity index (χ1v) is 10.9. The van der Waals surface area contributed by atoms with Gasteiger partial charge in [-0.25, -0.2) is 0 Å². The SMILES string of the molecule is CCOc1ccc(NC(=O)COC(=O)C2C3CC4CC(C3)CC2C4)cc1OCC. The third-order valence-electron chi connectivity index (χ3n) is 6.67. The molecule has 0 spiro atoms. The van der Waals surface area contributed by atoms with E-state index in [2.05, 4.69) is 5.32 Å². The Hall–Kier alpha value is -2.24. The molecule has 4 fully saturated rings. The van der Waals surface area contributed by atoms with E-state index in [0.29, 0.717) is 42.2 Å². The van der Waals surface area contributed by atoms with Gasteiger partial charge in [-0.3, -0.25) is 9.59 Å². The molecule has 29 heavy (non-hydrogen) atoms. The highest BCUT2D eigenvalue weighted by Crippen LogP contribution is 2.56. The summed E-state index contributed by atoms with van der Waals surface area (Å²) in [6.07, 6.45) is 5.98. The van der Waals surface area contributed by atoms with Crippen molar-refractivity contribution in [3.8, 4) is 11.5 Å². The second-order valence-corrected chi connectivity index (χ2v) is 8.64. The largest absolute Gasteiger partial charge is 0.490 e. The summed E-state index contributed by atoms with van der Waals surface area (Å²) in [5.41, 5.74) is 0.590. The molecule has 6 heteroatoms. The maximum atomic E-state index is 12.7. The van der Waals surface area contributed by atoms with Crippen LogP contribution in [-0.4, -0.2) is 31.7 Å². The first-order valence-electron chi connectivity index (χ1n) is 10.9. The fraction of sp³-hybridized carbons (Fsp3) is 0.652. The summed E-state index contributed by atoms with van der Waals surface area (Å²) in [5, 5.41) is 2.78. The lowest BCUT2D eigenvalue weighted by atomic mass is 9.52. The van der Waals surface area contributed by atoms with Crippen LogP contribution in [0.1, 0.15) is 46.0 Å². The van der Waals surface area contributed by atoms with Crippen molar-refractivity contribution in [1.29, 1.82) is 0 Å². The van der Waals surface area contributed by atoms with Crippen LogP contribution in [0.4, 0.5) is 5.69 Å². The van der Waals surface area contributed by atoms with Crippen LogP contribution in [0.3, 0.4) is 0 Å². The second kappa shape index (κ2) is 8.64. The van der Waals surface area contributed by atoms with E-state index >= 15 is 0 Å². The Morgan fingerprint density at radius 3 is 2.17 bits per heavy atom. The van der Waals surface area contributed by atoms with E-state index in [9.17, 15) is 9.59 Å². The molecule has 0 atom stereocenters. The minimum Gasteiger partial charge on any atom is -0.490 e. The number of hydrogen-bond acceptors (Lipinski definition) is 5. The number of benzene rings is 1. The van der Waals surface area contributed by atoms with E-state index in [1.54, 1.807) is 18.2 Å². The molecule has 5 rings (SSSR count). The number of esters is 1. The number of rotatable bonds is 8. The van der Waals surface area contributed by atoms with Gasteiger partial charge in [0.1, 0.15) is 0 Å². The number of carbonyl (C=O) groups is 2. The van der Waals surface area contributed by atoms with Crippen molar-refractivity contribution in [3.05, 3.63) is 18.2 Å². The van der Waals surface area contributed by atoms with Gasteiger partial charge in [-0.2, -0.15) is 0 Å². The van der Waals surface area contributed by atoms with Crippen molar-refractivity contribution < 1.29 is 23.8 Å². The van der Waals surface area contributed by atoms with Gasteiger partial charge in [-0.15, -0.1) is 0 Å². The molecule has 1 amide bonds. The summed E-state index contributed by atoms with van der Waals surface area (Å²) in [6, 6.07) is 5.25. The zero-order valence-electron chi connectivity index (χ0n) is 17.3. The van der Waals surface area contributed by atoms with Crippen LogP contribution in [0.25, 0.3) is 0 Å². The summed E-state index contributed by atoms with van der Waals surface area (Å²) in [4.78, 5) is 25.0. The van der Waals surface area contributed by atoms with Gasteiger partial charge in [-0.05, 0) is 81.8 Å². The molecule has 0 heterocycles. The number of anilines is 1. The normalized spacial score (nSPS) is 29.4. The number of carbonyl (C=O) groups excluding carboxylic acids is 2. The third kappa shape index (κ3) is 4.36. The van der Waals surface area contributed by atoms with Gasteiger partial charge < -0.3 is 19.5 Å². The minimum absolute atomic E-state index is 0.00867. The molecule has 158 valence electrons. The standard InChI is InChI=1S/C23H31NO5/c1-3-27-19-6-5-18(12-20(19)28-4-2)24-21(25)13-29-23(26)22-16-8-14-7-15(10-16)11-17(22)9-14/h5-6,12,14-17,22H,3-4,7-11,13H2,1-2H3,(H,24,25).